The number of amidine groups is 1. The van der Waals surface area contributed by atoms with Crippen LogP contribution < -0.4 is 19.9 Å². The van der Waals surface area contributed by atoms with Crippen LogP contribution in [0.3, 0.4) is 0 Å². The Morgan fingerprint density at radius 1 is 1.26 bits per heavy atom. The summed E-state index contributed by atoms with van der Waals surface area (Å²) >= 11 is 0. The summed E-state index contributed by atoms with van der Waals surface area (Å²) in [4.78, 5) is 14.9. The van der Waals surface area contributed by atoms with Gasteiger partial charge in [-0.1, -0.05) is 18.2 Å². The van der Waals surface area contributed by atoms with Crippen molar-refractivity contribution >= 4 is 28.4 Å². The van der Waals surface area contributed by atoms with Gasteiger partial charge in [0.2, 0.25) is 0 Å². The highest BCUT2D eigenvalue weighted by Crippen LogP contribution is 2.46. The van der Waals surface area contributed by atoms with Crippen LogP contribution in [-0.4, -0.2) is 52.6 Å². The number of likely N-dealkylation sites (tertiary alicyclic amines) is 1. The largest absolute Gasteiger partial charge is 0.496 e. The molecule has 1 saturated heterocycles. The van der Waals surface area contributed by atoms with Gasteiger partial charge in [0.1, 0.15) is 11.5 Å². The number of nitrogens with two attached hydrogens (primary N) is 1. The molecule has 166 valence electrons. The minimum absolute atomic E-state index is 0.0148. The molecule has 9 nitrogen and oxygen atoms in total. The molecule has 0 aromatic heterocycles. The standard InChI is InChI=1S/C21H26N4O5S/c1-29-17-9-3-2-7-15(17)21(26)25-11-5-6-14(12-25)13-30-18-10-4-8-16-19(18)20(22)24-31(27,28)23-16/h2-4,7-10,14,23,27-28H,5-6,11-13H2,1H3,(H2,22,24)/t14-/m0/s1. The Hall–Kier alpha value is -2.95. The predicted octanol–water partition coefficient (Wildman–Crippen LogP) is 3.34. The fourth-order valence-electron chi connectivity index (χ4n) is 3.94. The fraction of sp³-hybridized carbons (Fsp3) is 0.333. The Labute approximate surface area is 182 Å². The minimum atomic E-state index is -3.34. The number of hydrogen-bond acceptors (Lipinski definition) is 8. The quantitative estimate of drug-likeness (QED) is 0.554. The SMILES string of the molecule is COc1ccccc1C(=O)N1CCC[C@H](COc2cccc3c2C(N)=NS(O)(O)N3)C1. The van der Waals surface area contributed by atoms with E-state index in [4.69, 9.17) is 15.2 Å². The Bertz CT molecular complexity index is 1010. The smallest absolute Gasteiger partial charge is 0.257 e. The molecule has 2 heterocycles. The average Bonchev–Trinajstić information content (AvgIpc) is 2.76. The number of nitrogens with one attached hydrogen (secondary N) is 1. The molecule has 0 bridgehead atoms. The van der Waals surface area contributed by atoms with Crippen LogP contribution in [-0.2, 0) is 0 Å². The minimum Gasteiger partial charge on any atom is -0.496 e. The molecule has 2 aliphatic rings. The van der Waals surface area contributed by atoms with Gasteiger partial charge in [0.05, 0.1) is 30.5 Å². The Morgan fingerprint density at radius 3 is 2.84 bits per heavy atom. The van der Waals surface area contributed by atoms with Crippen LogP contribution in [0.4, 0.5) is 5.69 Å². The maximum Gasteiger partial charge on any atom is 0.257 e. The van der Waals surface area contributed by atoms with E-state index in [2.05, 4.69) is 9.12 Å². The molecule has 0 saturated carbocycles. The van der Waals surface area contributed by atoms with Crippen LogP contribution in [0.2, 0.25) is 0 Å². The van der Waals surface area contributed by atoms with Gasteiger partial charge in [0.25, 0.3) is 5.91 Å². The van der Waals surface area contributed by atoms with E-state index < -0.39 is 11.0 Å². The molecule has 2 aromatic carbocycles. The van der Waals surface area contributed by atoms with Crippen molar-refractivity contribution in [3.63, 3.8) is 0 Å². The zero-order valence-corrected chi connectivity index (χ0v) is 18.0. The molecule has 5 N–H and O–H groups in total. The van der Waals surface area contributed by atoms with E-state index in [0.29, 0.717) is 48.0 Å². The zero-order valence-electron chi connectivity index (χ0n) is 17.2. The molecule has 2 aromatic rings. The average molecular weight is 447 g/mol. The van der Waals surface area contributed by atoms with Crippen LogP contribution in [0.5, 0.6) is 11.5 Å². The van der Waals surface area contributed by atoms with E-state index in [1.807, 2.05) is 17.0 Å². The van der Waals surface area contributed by atoms with Gasteiger partial charge >= 0.3 is 0 Å². The summed E-state index contributed by atoms with van der Waals surface area (Å²) in [6.45, 7) is 1.67. The molecule has 10 heteroatoms. The van der Waals surface area contributed by atoms with Gasteiger partial charge in [-0.3, -0.25) is 18.6 Å². The van der Waals surface area contributed by atoms with Gasteiger partial charge in [0, 0.05) is 19.0 Å². The number of benzene rings is 2. The number of carbonyl (C=O) groups excluding carboxylic acids is 1. The number of methoxy groups -OCH3 is 1. The first-order valence-corrected chi connectivity index (χ1v) is 11.5. The maximum atomic E-state index is 13.0. The van der Waals surface area contributed by atoms with E-state index in [-0.39, 0.29) is 17.7 Å². The van der Waals surface area contributed by atoms with E-state index in [9.17, 15) is 13.9 Å². The third-order valence-corrected chi connectivity index (χ3v) is 6.32. The highest BCUT2D eigenvalue weighted by molar-refractivity contribution is 8.24. The highest BCUT2D eigenvalue weighted by Gasteiger charge is 2.28. The van der Waals surface area contributed by atoms with Gasteiger partial charge in [-0.2, -0.15) is 0 Å². The van der Waals surface area contributed by atoms with Gasteiger partial charge in [-0.05, 0) is 48.1 Å². The van der Waals surface area contributed by atoms with Crippen LogP contribution in [0.15, 0.2) is 46.9 Å². The molecule has 1 atom stereocenters. The monoisotopic (exact) mass is 446 g/mol. The first kappa shape index (κ1) is 21.3. The third-order valence-electron chi connectivity index (χ3n) is 5.37. The first-order chi connectivity index (χ1) is 14.9. The number of para-hydroxylation sites is 1. The predicted molar refractivity (Wildman–Crippen MR) is 121 cm³/mol. The summed E-state index contributed by atoms with van der Waals surface area (Å²) in [5, 5.41) is 0. The lowest BCUT2D eigenvalue weighted by Crippen LogP contribution is -2.41. The topological polar surface area (TPSA) is 130 Å². The van der Waals surface area contributed by atoms with E-state index >= 15 is 0 Å². The van der Waals surface area contributed by atoms with E-state index in [1.165, 1.54) is 0 Å². The van der Waals surface area contributed by atoms with Crippen molar-refractivity contribution in [2.75, 3.05) is 31.5 Å². The molecule has 1 amide bonds. The van der Waals surface area contributed by atoms with E-state index in [1.54, 1.807) is 37.4 Å². The number of fused-ring (bicyclic) bond motifs is 1. The second kappa shape index (κ2) is 8.66. The Kier molecular flexibility index (Phi) is 5.94. The van der Waals surface area contributed by atoms with Crippen molar-refractivity contribution in [2.24, 2.45) is 16.0 Å². The van der Waals surface area contributed by atoms with Gasteiger partial charge in [0.15, 0.2) is 5.84 Å². The number of piperidine rings is 1. The van der Waals surface area contributed by atoms with Crippen molar-refractivity contribution in [3.8, 4) is 11.5 Å². The maximum absolute atomic E-state index is 13.0. The molecule has 0 radical (unpaired) electrons. The number of rotatable bonds is 5. The Balaban J connectivity index is 1.44. The van der Waals surface area contributed by atoms with E-state index in [0.717, 1.165) is 12.8 Å². The van der Waals surface area contributed by atoms with Crippen molar-refractivity contribution in [1.29, 1.82) is 0 Å². The van der Waals surface area contributed by atoms with Crippen LogP contribution in [0.1, 0.15) is 28.8 Å². The fourth-order valence-corrected chi connectivity index (χ4v) is 4.82. The lowest BCUT2D eigenvalue weighted by Gasteiger charge is -2.34. The summed E-state index contributed by atoms with van der Waals surface area (Å²) < 4.78 is 37.3. The molecule has 1 fully saturated rings. The lowest BCUT2D eigenvalue weighted by atomic mass is 9.98. The zero-order chi connectivity index (χ0) is 22.0. The summed E-state index contributed by atoms with van der Waals surface area (Å²) in [5.74, 6) is 1.19. The summed E-state index contributed by atoms with van der Waals surface area (Å²) in [6.07, 6.45) is 1.82. The number of carbonyl (C=O) groups is 1. The summed E-state index contributed by atoms with van der Waals surface area (Å²) in [5.41, 5.74) is 7.47. The summed E-state index contributed by atoms with van der Waals surface area (Å²) in [7, 11) is -1.79. The lowest BCUT2D eigenvalue weighted by molar-refractivity contribution is 0.0630. The highest BCUT2D eigenvalue weighted by atomic mass is 32.3. The molecular formula is C21H26N4O5S. The van der Waals surface area contributed by atoms with Crippen molar-refractivity contribution in [3.05, 3.63) is 53.6 Å². The first-order valence-electron chi connectivity index (χ1n) is 9.98. The van der Waals surface area contributed by atoms with Crippen LogP contribution in [0.25, 0.3) is 0 Å². The number of hydrogen-bond donors (Lipinski definition) is 4. The number of nitrogens with zero attached hydrogens (tertiary/aromatic N) is 2. The van der Waals surface area contributed by atoms with Crippen molar-refractivity contribution in [1.82, 2.24) is 4.90 Å². The number of amides is 1. The molecule has 31 heavy (non-hydrogen) atoms. The second-order valence-corrected chi connectivity index (χ2v) is 8.97. The molecule has 0 aliphatic carbocycles. The molecule has 2 aliphatic heterocycles. The Morgan fingerprint density at radius 2 is 2.03 bits per heavy atom. The molecule has 0 unspecified atom stereocenters. The molecule has 4 rings (SSSR count). The van der Waals surface area contributed by atoms with Crippen molar-refractivity contribution < 1.29 is 23.4 Å². The van der Waals surface area contributed by atoms with Crippen LogP contribution >= 0.6 is 11.0 Å². The van der Waals surface area contributed by atoms with Gasteiger partial charge in [-0.25, -0.2) is 0 Å². The second-order valence-electron chi connectivity index (χ2n) is 7.55. The van der Waals surface area contributed by atoms with Gasteiger partial charge < -0.3 is 20.1 Å². The van der Waals surface area contributed by atoms with Crippen LogP contribution in [0, 0.1) is 5.92 Å². The number of anilines is 1. The summed E-state index contributed by atoms with van der Waals surface area (Å²) in [6, 6.07) is 12.4. The van der Waals surface area contributed by atoms with Crippen molar-refractivity contribution in [2.45, 2.75) is 12.8 Å². The molecule has 0 spiro atoms. The third kappa shape index (κ3) is 4.55. The number of ether oxygens (including phenoxy) is 2. The van der Waals surface area contributed by atoms with Gasteiger partial charge in [-0.15, -0.1) is 4.40 Å². The normalized spacial score (nSPS) is 20.7. The molecular weight excluding hydrogens is 420 g/mol.